The molecule has 0 rings (SSSR count). The maximum Gasteiger partial charge on any atom is 0.0636 e. The average molecular weight is 161 g/mol. The van der Waals surface area contributed by atoms with E-state index in [0.717, 1.165) is 26.2 Å². The Bertz CT molecular complexity index is 76.5. The van der Waals surface area contributed by atoms with Crippen molar-refractivity contribution in [2.45, 2.75) is 26.4 Å². The van der Waals surface area contributed by atoms with Crippen LogP contribution >= 0.6 is 0 Å². The fourth-order valence-corrected chi connectivity index (χ4v) is 0.702. The molecule has 11 heavy (non-hydrogen) atoms. The summed E-state index contributed by atoms with van der Waals surface area (Å²) in [6, 6.07) is 0. The molecule has 0 bridgehead atoms. The van der Waals surface area contributed by atoms with Gasteiger partial charge in [-0.1, -0.05) is 6.92 Å². The third-order valence-electron chi connectivity index (χ3n) is 1.21. The van der Waals surface area contributed by atoms with Crippen molar-refractivity contribution in [1.29, 1.82) is 0 Å². The lowest BCUT2D eigenvalue weighted by Gasteiger charge is -2.06. The fraction of sp³-hybridized carbons (Fsp3) is 1.00. The quantitative estimate of drug-likeness (QED) is 0.530. The summed E-state index contributed by atoms with van der Waals surface area (Å²) < 4.78 is 5.22. The van der Waals surface area contributed by atoms with Crippen molar-refractivity contribution in [3.05, 3.63) is 0 Å². The van der Waals surface area contributed by atoms with Gasteiger partial charge in [0.15, 0.2) is 0 Å². The second-order valence-corrected chi connectivity index (χ2v) is 2.67. The molecule has 0 radical (unpaired) electrons. The van der Waals surface area contributed by atoms with Crippen LogP contribution in [0.3, 0.4) is 0 Å². The Morgan fingerprint density at radius 1 is 1.45 bits per heavy atom. The van der Waals surface area contributed by atoms with Gasteiger partial charge in [0.1, 0.15) is 0 Å². The largest absolute Gasteiger partial charge is 0.392 e. The van der Waals surface area contributed by atoms with Gasteiger partial charge in [0, 0.05) is 19.7 Å². The molecular weight excluding hydrogens is 142 g/mol. The van der Waals surface area contributed by atoms with Gasteiger partial charge in [-0.2, -0.15) is 0 Å². The Morgan fingerprint density at radius 2 is 2.18 bits per heavy atom. The standard InChI is InChI=1S/C8H19NO2/c1-3-5-11-6-4-9-7-8(2)10/h8-10H,3-7H2,1-2H3. The lowest BCUT2D eigenvalue weighted by Crippen LogP contribution is -2.27. The van der Waals surface area contributed by atoms with E-state index in [1.165, 1.54) is 0 Å². The summed E-state index contributed by atoms with van der Waals surface area (Å²) in [7, 11) is 0. The molecule has 0 spiro atoms. The molecule has 0 amide bonds. The van der Waals surface area contributed by atoms with Crippen LogP contribution in [0.4, 0.5) is 0 Å². The Kier molecular flexibility index (Phi) is 7.89. The van der Waals surface area contributed by atoms with Crippen molar-refractivity contribution in [1.82, 2.24) is 5.32 Å². The van der Waals surface area contributed by atoms with Crippen molar-refractivity contribution in [3.8, 4) is 0 Å². The zero-order valence-electron chi connectivity index (χ0n) is 7.47. The normalized spacial score (nSPS) is 13.4. The van der Waals surface area contributed by atoms with Gasteiger partial charge in [0.25, 0.3) is 0 Å². The van der Waals surface area contributed by atoms with Crippen LogP contribution in [-0.4, -0.2) is 37.5 Å². The van der Waals surface area contributed by atoms with E-state index < -0.39 is 0 Å². The summed E-state index contributed by atoms with van der Waals surface area (Å²) in [5.74, 6) is 0. The molecule has 3 heteroatoms. The number of hydrogen-bond acceptors (Lipinski definition) is 3. The molecule has 1 atom stereocenters. The molecule has 0 aliphatic carbocycles. The molecule has 0 aliphatic rings. The number of aliphatic hydroxyl groups excluding tert-OH is 1. The Balaban J connectivity index is 2.80. The summed E-state index contributed by atoms with van der Waals surface area (Å²) in [6.07, 6.45) is 0.803. The van der Waals surface area contributed by atoms with Gasteiger partial charge in [0.2, 0.25) is 0 Å². The van der Waals surface area contributed by atoms with E-state index in [0.29, 0.717) is 6.54 Å². The zero-order chi connectivity index (χ0) is 8.53. The molecule has 2 N–H and O–H groups in total. The van der Waals surface area contributed by atoms with Crippen LogP contribution in [0, 0.1) is 0 Å². The molecule has 0 aromatic rings. The van der Waals surface area contributed by atoms with Crippen molar-refractivity contribution >= 4 is 0 Å². The van der Waals surface area contributed by atoms with Gasteiger partial charge < -0.3 is 15.2 Å². The monoisotopic (exact) mass is 161 g/mol. The van der Waals surface area contributed by atoms with E-state index in [1.807, 2.05) is 0 Å². The van der Waals surface area contributed by atoms with Crippen LogP contribution in [0.5, 0.6) is 0 Å². The minimum Gasteiger partial charge on any atom is -0.392 e. The maximum absolute atomic E-state index is 8.85. The van der Waals surface area contributed by atoms with Crippen molar-refractivity contribution in [2.75, 3.05) is 26.3 Å². The number of rotatable bonds is 7. The Labute approximate surface area is 68.8 Å². The topological polar surface area (TPSA) is 41.5 Å². The molecule has 0 aromatic carbocycles. The van der Waals surface area contributed by atoms with Crippen LogP contribution < -0.4 is 5.32 Å². The number of ether oxygens (including phenoxy) is 1. The smallest absolute Gasteiger partial charge is 0.0636 e. The zero-order valence-corrected chi connectivity index (χ0v) is 7.47. The first kappa shape index (κ1) is 10.9. The molecule has 0 saturated heterocycles. The van der Waals surface area contributed by atoms with Gasteiger partial charge >= 0.3 is 0 Å². The molecule has 0 aliphatic heterocycles. The van der Waals surface area contributed by atoms with Crippen LogP contribution in [0.2, 0.25) is 0 Å². The van der Waals surface area contributed by atoms with Gasteiger partial charge in [-0.15, -0.1) is 0 Å². The van der Waals surface area contributed by atoms with E-state index in [4.69, 9.17) is 9.84 Å². The predicted molar refractivity (Wildman–Crippen MR) is 45.7 cm³/mol. The van der Waals surface area contributed by atoms with Crippen LogP contribution in [0.15, 0.2) is 0 Å². The van der Waals surface area contributed by atoms with Crippen LogP contribution in [0.25, 0.3) is 0 Å². The van der Waals surface area contributed by atoms with E-state index in [1.54, 1.807) is 6.92 Å². The molecule has 0 fully saturated rings. The summed E-state index contributed by atoms with van der Waals surface area (Å²) >= 11 is 0. The maximum atomic E-state index is 8.85. The van der Waals surface area contributed by atoms with Gasteiger partial charge in [0.05, 0.1) is 12.7 Å². The first-order valence-electron chi connectivity index (χ1n) is 4.24. The van der Waals surface area contributed by atoms with Crippen LogP contribution in [-0.2, 0) is 4.74 Å². The van der Waals surface area contributed by atoms with E-state index in [2.05, 4.69) is 12.2 Å². The number of aliphatic hydroxyl groups is 1. The minimum atomic E-state index is -0.263. The molecule has 0 aromatic heterocycles. The minimum absolute atomic E-state index is 0.263. The third-order valence-corrected chi connectivity index (χ3v) is 1.21. The Hall–Kier alpha value is -0.120. The highest BCUT2D eigenvalue weighted by atomic mass is 16.5. The summed E-state index contributed by atoms with van der Waals surface area (Å²) in [4.78, 5) is 0. The first-order valence-corrected chi connectivity index (χ1v) is 4.24. The SMILES string of the molecule is CCCOCCNCC(C)O. The molecule has 1 unspecified atom stereocenters. The van der Waals surface area contributed by atoms with E-state index in [9.17, 15) is 0 Å². The lowest BCUT2D eigenvalue weighted by molar-refractivity contribution is 0.130. The molecule has 3 nitrogen and oxygen atoms in total. The van der Waals surface area contributed by atoms with Gasteiger partial charge in [-0.05, 0) is 13.3 Å². The highest BCUT2D eigenvalue weighted by molar-refractivity contribution is 4.51. The fourth-order valence-electron chi connectivity index (χ4n) is 0.702. The molecular formula is C8H19NO2. The lowest BCUT2D eigenvalue weighted by atomic mass is 10.4. The summed E-state index contributed by atoms with van der Waals surface area (Å²) in [5.41, 5.74) is 0. The average Bonchev–Trinajstić information content (AvgIpc) is 1.96. The molecule has 68 valence electrons. The number of nitrogens with one attached hydrogen (secondary N) is 1. The Morgan fingerprint density at radius 3 is 2.73 bits per heavy atom. The molecule has 0 saturated carbocycles. The highest BCUT2D eigenvalue weighted by Gasteiger charge is 1.92. The van der Waals surface area contributed by atoms with E-state index in [-0.39, 0.29) is 6.10 Å². The van der Waals surface area contributed by atoms with E-state index >= 15 is 0 Å². The van der Waals surface area contributed by atoms with Crippen molar-refractivity contribution < 1.29 is 9.84 Å². The summed E-state index contributed by atoms with van der Waals surface area (Å²) in [6.45, 7) is 6.89. The van der Waals surface area contributed by atoms with Gasteiger partial charge in [-0.25, -0.2) is 0 Å². The molecule has 0 heterocycles. The predicted octanol–water partition coefficient (Wildman–Crippen LogP) is 0.383. The second kappa shape index (κ2) is 7.98. The van der Waals surface area contributed by atoms with Crippen molar-refractivity contribution in [2.24, 2.45) is 0 Å². The van der Waals surface area contributed by atoms with Crippen molar-refractivity contribution in [3.63, 3.8) is 0 Å². The third kappa shape index (κ3) is 9.88. The highest BCUT2D eigenvalue weighted by Crippen LogP contribution is 1.79. The second-order valence-electron chi connectivity index (χ2n) is 2.67. The van der Waals surface area contributed by atoms with Crippen LogP contribution in [0.1, 0.15) is 20.3 Å². The summed E-state index contributed by atoms with van der Waals surface area (Å²) in [5, 5.41) is 11.9. The first-order chi connectivity index (χ1) is 5.27. The van der Waals surface area contributed by atoms with Gasteiger partial charge in [-0.3, -0.25) is 0 Å². The number of hydrogen-bond donors (Lipinski definition) is 2.